The Labute approximate surface area is 114 Å². The molecule has 2 aromatic rings. The molecule has 0 bridgehead atoms. The molecule has 0 saturated carbocycles. The normalized spacial score (nSPS) is 10.4. The van der Waals surface area contributed by atoms with Crippen LogP contribution in [-0.4, -0.2) is 32.1 Å². The van der Waals surface area contributed by atoms with Gasteiger partial charge in [0.25, 0.3) is 5.91 Å². The van der Waals surface area contributed by atoms with E-state index in [2.05, 4.69) is 25.2 Å². The Bertz CT molecular complexity index is 576. The lowest BCUT2D eigenvalue weighted by Gasteiger charge is -2.06. The number of aryl methyl sites for hydroxylation is 1. The van der Waals surface area contributed by atoms with Gasteiger partial charge < -0.3 is 20.9 Å². The predicted octanol–water partition coefficient (Wildman–Crippen LogP) is 0.308. The maximum absolute atomic E-state index is 11.7. The van der Waals surface area contributed by atoms with Crippen molar-refractivity contribution in [1.29, 1.82) is 0 Å². The fourth-order valence-electron chi connectivity index (χ4n) is 1.61. The number of nitrogens with one attached hydrogen (secondary N) is 2. The van der Waals surface area contributed by atoms with Crippen molar-refractivity contribution in [2.24, 2.45) is 0 Å². The molecule has 0 aliphatic carbocycles. The molecule has 0 unspecified atom stereocenters. The zero-order valence-corrected chi connectivity index (χ0v) is 11.5. The lowest BCUT2D eigenvalue weighted by Crippen LogP contribution is -2.20. The molecule has 0 atom stereocenters. The van der Waals surface area contributed by atoms with E-state index in [1.165, 1.54) is 0 Å². The summed E-state index contributed by atoms with van der Waals surface area (Å²) < 4.78 is 5.90. The van der Waals surface area contributed by atoms with Crippen LogP contribution in [0, 0.1) is 0 Å². The Balaban J connectivity index is 2.14. The van der Waals surface area contributed by atoms with Crippen molar-refractivity contribution in [1.82, 2.24) is 24.5 Å². The molecule has 2 aromatic heterocycles. The van der Waals surface area contributed by atoms with Gasteiger partial charge in [-0.05, 0) is 18.5 Å². The van der Waals surface area contributed by atoms with Gasteiger partial charge in [0.05, 0.1) is 6.54 Å². The smallest absolute Gasteiger partial charge is 0.257 e. The van der Waals surface area contributed by atoms with Crippen LogP contribution in [0.5, 0.6) is 0 Å². The average Bonchev–Trinajstić information content (AvgIpc) is 3.01. The number of carbonyl (C=O) groups excluding carboxylic acids is 1. The van der Waals surface area contributed by atoms with Gasteiger partial charge >= 0.3 is 0 Å². The van der Waals surface area contributed by atoms with E-state index in [-0.39, 0.29) is 11.7 Å². The standard InChI is InChI=1S/C10H15N7OS/c1-3-17-5-14-15-6(17)4-13-10-7(9(18)12-2)8(11)16-19-10/h5,13H,3-4H2,1-2H3,(H2,11,16)(H,12,18). The van der Waals surface area contributed by atoms with Crippen LogP contribution in [0.15, 0.2) is 6.33 Å². The lowest BCUT2D eigenvalue weighted by atomic mass is 10.3. The van der Waals surface area contributed by atoms with E-state index in [0.29, 0.717) is 17.1 Å². The Hall–Kier alpha value is -2.16. The minimum absolute atomic E-state index is 0.226. The maximum atomic E-state index is 11.7. The number of carbonyl (C=O) groups is 1. The number of hydrogen-bond acceptors (Lipinski definition) is 7. The number of hydrogen-bond donors (Lipinski definition) is 3. The van der Waals surface area contributed by atoms with Gasteiger partial charge in [-0.25, -0.2) is 0 Å². The highest BCUT2D eigenvalue weighted by Gasteiger charge is 2.18. The first-order valence-electron chi connectivity index (χ1n) is 5.75. The minimum Gasteiger partial charge on any atom is -0.382 e. The molecule has 0 aliphatic rings. The average molecular weight is 281 g/mol. The van der Waals surface area contributed by atoms with Gasteiger partial charge in [-0.15, -0.1) is 10.2 Å². The maximum Gasteiger partial charge on any atom is 0.257 e. The van der Waals surface area contributed by atoms with Crippen molar-refractivity contribution in [2.45, 2.75) is 20.0 Å². The van der Waals surface area contributed by atoms with E-state index in [9.17, 15) is 4.79 Å². The Kier molecular flexibility index (Phi) is 3.95. The second-order valence-electron chi connectivity index (χ2n) is 3.74. The van der Waals surface area contributed by atoms with Crippen LogP contribution < -0.4 is 16.4 Å². The number of amides is 1. The van der Waals surface area contributed by atoms with E-state index >= 15 is 0 Å². The highest BCUT2D eigenvalue weighted by Crippen LogP contribution is 2.26. The van der Waals surface area contributed by atoms with Gasteiger partial charge in [0.1, 0.15) is 16.9 Å². The number of anilines is 2. The van der Waals surface area contributed by atoms with Crippen molar-refractivity contribution < 1.29 is 4.79 Å². The summed E-state index contributed by atoms with van der Waals surface area (Å²) in [7, 11) is 1.55. The zero-order chi connectivity index (χ0) is 13.8. The van der Waals surface area contributed by atoms with Gasteiger partial charge in [-0.2, -0.15) is 4.37 Å². The summed E-state index contributed by atoms with van der Waals surface area (Å²) in [6, 6.07) is 0. The Morgan fingerprint density at radius 1 is 1.58 bits per heavy atom. The first-order chi connectivity index (χ1) is 9.17. The monoisotopic (exact) mass is 281 g/mol. The van der Waals surface area contributed by atoms with E-state index in [0.717, 1.165) is 23.9 Å². The SMILES string of the molecule is CCn1cnnc1CNc1snc(N)c1C(=O)NC. The molecule has 9 heteroatoms. The van der Waals surface area contributed by atoms with Gasteiger partial charge in [-0.1, -0.05) is 0 Å². The van der Waals surface area contributed by atoms with Crippen molar-refractivity contribution >= 4 is 28.3 Å². The molecule has 1 amide bonds. The quantitative estimate of drug-likeness (QED) is 0.727. The number of aromatic nitrogens is 4. The van der Waals surface area contributed by atoms with E-state index in [1.54, 1.807) is 13.4 Å². The van der Waals surface area contributed by atoms with Crippen molar-refractivity contribution in [3.05, 3.63) is 17.7 Å². The van der Waals surface area contributed by atoms with Crippen molar-refractivity contribution in [2.75, 3.05) is 18.1 Å². The van der Waals surface area contributed by atoms with Gasteiger partial charge in [-0.3, -0.25) is 4.79 Å². The third-order valence-electron chi connectivity index (χ3n) is 2.62. The molecule has 0 aromatic carbocycles. The molecule has 0 spiro atoms. The topological polar surface area (TPSA) is 111 Å². The molecule has 0 saturated heterocycles. The lowest BCUT2D eigenvalue weighted by molar-refractivity contribution is 0.0965. The van der Waals surface area contributed by atoms with E-state index in [4.69, 9.17) is 5.73 Å². The summed E-state index contributed by atoms with van der Waals surface area (Å²) in [5, 5.41) is 14.1. The first kappa shape index (κ1) is 13.3. The molecule has 2 heterocycles. The van der Waals surface area contributed by atoms with Gasteiger partial charge in [0, 0.05) is 13.6 Å². The highest BCUT2D eigenvalue weighted by atomic mass is 32.1. The largest absolute Gasteiger partial charge is 0.382 e. The number of nitrogen functional groups attached to an aromatic ring is 1. The molecule has 0 radical (unpaired) electrons. The van der Waals surface area contributed by atoms with Crippen LogP contribution in [0.3, 0.4) is 0 Å². The number of nitrogens with two attached hydrogens (primary N) is 1. The van der Waals surface area contributed by atoms with Crippen LogP contribution >= 0.6 is 11.5 Å². The number of rotatable bonds is 5. The Morgan fingerprint density at radius 3 is 3.05 bits per heavy atom. The molecule has 2 rings (SSSR count). The molecular weight excluding hydrogens is 266 g/mol. The van der Waals surface area contributed by atoms with E-state index in [1.807, 2.05) is 11.5 Å². The molecule has 4 N–H and O–H groups in total. The van der Waals surface area contributed by atoms with Crippen LogP contribution in [0.25, 0.3) is 0 Å². The predicted molar refractivity (Wildman–Crippen MR) is 72.9 cm³/mol. The third-order valence-corrected chi connectivity index (χ3v) is 3.44. The fraction of sp³-hybridized carbons (Fsp3) is 0.400. The van der Waals surface area contributed by atoms with Gasteiger partial charge in [0.15, 0.2) is 11.6 Å². The van der Waals surface area contributed by atoms with E-state index < -0.39 is 0 Å². The minimum atomic E-state index is -0.259. The van der Waals surface area contributed by atoms with Crippen molar-refractivity contribution in [3.8, 4) is 0 Å². The zero-order valence-electron chi connectivity index (χ0n) is 10.7. The molecule has 0 aliphatic heterocycles. The first-order valence-corrected chi connectivity index (χ1v) is 6.52. The highest BCUT2D eigenvalue weighted by molar-refractivity contribution is 7.11. The molecular formula is C10H15N7OS. The van der Waals surface area contributed by atoms with Gasteiger partial charge in [0.2, 0.25) is 0 Å². The fourth-order valence-corrected chi connectivity index (χ4v) is 2.31. The third kappa shape index (κ3) is 2.65. The van der Waals surface area contributed by atoms with Crippen LogP contribution in [0.2, 0.25) is 0 Å². The molecule has 8 nitrogen and oxygen atoms in total. The summed E-state index contributed by atoms with van der Waals surface area (Å²) >= 11 is 1.15. The Morgan fingerprint density at radius 2 is 2.37 bits per heavy atom. The summed E-state index contributed by atoms with van der Waals surface area (Å²) in [5.41, 5.74) is 6.06. The summed E-state index contributed by atoms with van der Waals surface area (Å²) in [4.78, 5) is 11.7. The molecule has 102 valence electrons. The molecule has 0 fully saturated rings. The second kappa shape index (κ2) is 5.65. The second-order valence-corrected chi connectivity index (χ2v) is 4.51. The molecule has 19 heavy (non-hydrogen) atoms. The number of nitrogens with zero attached hydrogens (tertiary/aromatic N) is 4. The summed E-state index contributed by atoms with van der Waals surface area (Å²) in [6.45, 7) is 3.25. The van der Waals surface area contributed by atoms with Crippen LogP contribution in [-0.2, 0) is 13.1 Å². The van der Waals surface area contributed by atoms with Crippen LogP contribution in [0.1, 0.15) is 23.1 Å². The summed E-state index contributed by atoms with van der Waals surface area (Å²) in [6.07, 6.45) is 1.66. The van der Waals surface area contributed by atoms with Crippen molar-refractivity contribution in [3.63, 3.8) is 0 Å². The van der Waals surface area contributed by atoms with Crippen LogP contribution in [0.4, 0.5) is 10.8 Å². The summed E-state index contributed by atoms with van der Waals surface area (Å²) in [5.74, 6) is 0.756.